The maximum absolute atomic E-state index is 2.33. The zero-order valence-electron chi connectivity index (χ0n) is 9.58. The Hall–Kier alpha value is -0.430. The molecule has 0 nitrogen and oxygen atoms in total. The van der Waals surface area contributed by atoms with Gasteiger partial charge in [0.05, 0.1) is 0 Å². The molecular weight excluding hydrogens is 188 g/mol. The van der Waals surface area contributed by atoms with Gasteiger partial charge >= 0.3 is 0 Å². The Morgan fingerprint density at radius 2 is 1.71 bits per heavy atom. The number of hydrogen-bond acceptors (Lipinski definition) is 1. The standard InChI is InChI=1S/C13H20S/c1-5-10(2)11(3)12-6-8-13(14-4)9-7-12/h6-11H,5H2,1-4H3. The van der Waals surface area contributed by atoms with Crippen molar-refractivity contribution in [3.63, 3.8) is 0 Å². The molecule has 0 fully saturated rings. The van der Waals surface area contributed by atoms with Gasteiger partial charge in [0.2, 0.25) is 0 Å². The minimum Gasteiger partial charge on any atom is -0.130 e. The van der Waals surface area contributed by atoms with Crippen LogP contribution in [0, 0.1) is 5.92 Å². The van der Waals surface area contributed by atoms with Gasteiger partial charge in [0, 0.05) is 4.90 Å². The van der Waals surface area contributed by atoms with E-state index in [1.165, 1.54) is 16.9 Å². The first-order valence-corrected chi connectivity index (χ1v) is 6.55. The molecule has 14 heavy (non-hydrogen) atoms. The van der Waals surface area contributed by atoms with E-state index in [0.717, 1.165) is 5.92 Å². The van der Waals surface area contributed by atoms with Crippen molar-refractivity contribution in [3.05, 3.63) is 29.8 Å². The predicted molar refractivity (Wildman–Crippen MR) is 66.1 cm³/mol. The largest absolute Gasteiger partial charge is 0.130 e. The summed E-state index contributed by atoms with van der Waals surface area (Å²) < 4.78 is 0. The van der Waals surface area contributed by atoms with Crippen LogP contribution in [0.5, 0.6) is 0 Å². The van der Waals surface area contributed by atoms with E-state index in [9.17, 15) is 0 Å². The summed E-state index contributed by atoms with van der Waals surface area (Å²) in [5, 5.41) is 0. The molecule has 1 rings (SSSR count). The summed E-state index contributed by atoms with van der Waals surface area (Å²) in [5.41, 5.74) is 1.47. The molecule has 1 heteroatoms. The highest BCUT2D eigenvalue weighted by molar-refractivity contribution is 7.98. The van der Waals surface area contributed by atoms with Crippen LogP contribution in [0.1, 0.15) is 38.7 Å². The van der Waals surface area contributed by atoms with E-state index in [1.54, 1.807) is 11.8 Å². The molecule has 0 saturated heterocycles. The molecule has 0 saturated carbocycles. The van der Waals surface area contributed by atoms with E-state index < -0.39 is 0 Å². The monoisotopic (exact) mass is 208 g/mol. The normalized spacial score (nSPS) is 15.1. The van der Waals surface area contributed by atoms with Gasteiger partial charge in [0.15, 0.2) is 0 Å². The van der Waals surface area contributed by atoms with Crippen LogP contribution < -0.4 is 0 Å². The van der Waals surface area contributed by atoms with Crippen LogP contribution in [-0.4, -0.2) is 6.26 Å². The van der Waals surface area contributed by atoms with Gasteiger partial charge in [-0.3, -0.25) is 0 Å². The number of hydrogen-bond donors (Lipinski definition) is 0. The predicted octanol–water partition coefficient (Wildman–Crippen LogP) is 4.56. The summed E-state index contributed by atoms with van der Waals surface area (Å²) in [7, 11) is 0. The van der Waals surface area contributed by atoms with Crippen LogP contribution in [0.15, 0.2) is 29.2 Å². The van der Waals surface area contributed by atoms with Gasteiger partial charge in [-0.15, -0.1) is 11.8 Å². The molecule has 1 aromatic carbocycles. The average Bonchev–Trinajstić information content (AvgIpc) is 2.27. The molecule has 0 bridgehead atoms. The van der Waals surface area contributed by atoms with Gasteiger partial charge in [-0.05, 0) is 35.8 Å². The molecule has 0 aromatic heterocycles. The first-order valence-electron chi connectivity index (χ1n) is 5.33. The molecule has 2 atom stereocenters. The molecule has 1 aromatic rings. The van der Waals surface area contributed by atoms with Crippen molar-refractivity contribution in [3.8, 4) is 0 Å². The lowest BCUT2D eigenvalue weighted by molar-refractivity contribution is 0.473. The fraction of sp³-hybridized carbons (Fsp3) is 0.538. The van der Waals surface area contributed by atoms with Crippen molar-refractivity contribution in [2.45, 2.75) is 38.0 Å². The van der Waals surface area contributed by atoms with E-state index in [-0.39, 0.29) is 0 Å². The summed E-state index contributed by atoms with van der Waals surface area (Å²) in [6, 6.07) is 8.98. The molecule has 0 amide bonds. The zero-order valence-corrected chi connectivity index (χ0v) is 10.4. The highest BCUT2D eigenvalue weighted by atomic mass is 32.2. The highest BCUT2D eigenvalue weighted by Crippen LogP contribution is 2.27. The summed E-state index contributed by atoms with van der Waals surface area (Å²) in [6.45, 7) is 6.91. The van der Waals surface area contributed by atoms with Crippen molar-refractivity contribution in [2.24, 2.45) is 5.92 Å². The first-order chi connectivity index (χ1) is 6.69. The number of thioether (sulfide) groups is 1. The van der Waals surface area contributed by atoms with Gasteiger partial charge < -0.3 is 0 Å². The highest BCUT2D eigenvalue weighted by Gasteiger charge is 2.11. The van der Waals surface area contributed by atoms with Crippen LogP contribution in [0.2, 0.25) is 0 Å². The second-order valence-electron chi connectivity index (χ2n) is 3.95. The van der Waals surface area contributed by atoms with Crippen molar-refractivity contribution in [2.75, 3.05) is 6.26 Å². The van der Waals surface area contributed by atoms with Crippen molar-refractivity contribution in [1.29, 1.82) is 0 Å². The van der Waals surface area contributed by atoms with Crippen LogP contribution in [-0.2, 0) is 0 Å². The van der Waals surface area contributed by atoms with Crippen LogP contribution in [0.25, 0.3) is 0 Å². The van der Waals surface area contributed by atoms with Gasteiger partial charge in [0.25, 0.3) is 0 Å². The summed E-state index contributed by atoms with van der Waals surface area (Å²) in [6.07, 6.45) is 3.37. The molecular formula is C13H20S. The zero-order chi connectivity index (χ0) is 10.6. The Bertz CT molecular complexity index is 263. The van der Waals surface area contributed by atoms with Crippen LogP contribution in [0.4, 0.5) is 0 Å². The van der Waals surface area contributed by atoms with Crippen molar-refractivity contribution in [1.82, 2.24) is 0 Å². The lowest BCUT2D eigenvalue weighted by Gasteiger charge is -2.18. The van der Waals surface area contributed by atoms with Gasteiger partial charge in [-0.2, -0.15) is 0 Å². The van der Waals surface area contributed by atoms with E-state index in [4.69, 9.17) is 0 Å². The van der Waals surface area contributed by atoms with Gasteiger partial charge in [0.1, 0.15) is 0 Å². The molecule has 0 spiro atoms. The van der Waals surface area contributed by atoms with E-state index in [2.05, 4.69) is 51.3 Å². The third kappa shape index (κ3) is 2.78. The fourth-order valence-corrected chi connectivity index (χ4v) is 2.00. The molecule has 0 aliphatic carbocycles. The molecule has 0 heterocycles. The summed E-state index contributed by atoms with van der Waals surface area (Å²) in [5.74, 6) is 1.45. The van der Waals surface area contributed by atoms with Crippen molar-refractivity contribution < 1.29 is 0 Å². The maximum atomic E-state index is 2.33. The Morgan fingerprint density at radius 3 is 2.14 bits per heavy atom. The number of benzene rings is 1. The molecule has 0 radical (unpaired) electrons. The lowest BCUT2D eigenvalue weighted by Crippen LogP contribution is -2.04. The number of rotatable bonds is 4. The summed E-state index contributed by atoms with van der Waals surface area (Å²) in [4.78, 5) is 1.35. The Labute approximate surface area is 92.1 Å². The van der Waals surface area contributed by atoms with E-state index in [1.807, 2.05) is 0 Å². The van der Waals surface area contributed by atoms with Gasteiger partial charge in [-0.1, -0.05) is 39.3 Å². The molecule has 78 valence electrons. The summed E-state index contributed by atoms with van der Waals surface area (Å²) >= 11 is 1.80. The third-order valence-corrected chi connectivity index (χ3v) is 3.88. The molecule has 0 aliphatic heterocycles. The second kappa shape index (κ2) is 5.45. The Morgan fingerprint density at radius 1 is 1.14 bits per heavy atom. The van der Waals surface area contributed by atoms with Crippen molar-refractivity contribution >= 4 is 11.8 Å². The minimum atomic E-state index is 0.677. The molecule has 0 N–H and O–H groups in total. The van der Waals surface area contributed by atoms with Gasteiger partial charge in [-0.25, -0.2) is 0 Å². The van der Waals surface area contributed by atoms with E-state index in [0.29, 0.717) is 5.92 Å². The lowest BCUT2D eigenvalue weighted by atomic mass is 9.87. The third-order valence-electron chi connectivity index (χ3n) is 3.14. The van der Waals surface area contributed by atoms with Crippen LogP contribution >= 0.6 is 11.8 Å². The molecule has 0 aliphatic rings. The SMILES string of the molecule is CCC(C)C(C)c1ccc(SC)cc1. The average molecular weight is 208 g/mol. The topological polar surface area (TPSA) is 0 Å². The van der Waals surface area contributed by atoms with Crippen LogP contribution in [0.3, 0.4) is 0 Å². The molecule has 2 unspecified atom stereocenters. The maximum Gasteiger partial charge on any atom is 0.00693 e. The fourth-order valence-electron chi connectivity index (χ4n) is 1.59. The first kappa shape index (κ1) is 11.6. The Kier molecular flexibility index (Phi) is 4.53. The smallest absolute Gasteiger partial charge is 0.00693 e. The Balaban J connectivity index is 2.75. The van der Waals surface area contributed by atoms with E-state index >= 15 is 0 Å². The second-order valence-corrected chi connectivity index (χ2v) is 4.83. The minimum absolute atomic E-state index is 0.677. The quantitative estimate of drug-likeness (QED) is 0.654.